The maximum absolute atomic E-state index is 5.15. The smallest absolute Gasteiger partial charge is 0.166 e. The van der Waals surface area contributed by atoms with Crippen LogP contribution in [0.25, 0.3) is 10.2 Å². The van der Waals surface area contributed by atoms with Crippen molar-refractivity contribution in [2.75, 3.05) is 13.7 Å². The van der Waals surface area contributed by atoms with E-state index in [2.05, 4.69) is 16.6 Å². The summed E-state index contributed by atoms with van der Waals surface area (Å²) >= 11 is 3.27. The molecule has 1 heterocycles. The van der Waals surface area contributed by atoms with Gasteiger partial charge in [0.05, 0.1) is 17.3 Å². The third-order valence-corrected chi connectivity index (χ3v) is 3.91. The fraction of sp³-hybridized carbons (Fsp3) is 0.300. The van der Waals surface area contributed by atoms with Gasteiger partial charge in [-0.1, -0.05) is 6.92 Å². The van der Waals surface area contributed by atoms with Gasteiger partial charge in [0, 0.05) is 12.6 Å². The van der Waals surface area contributed by atoms with Crippen LogP contribution in [0.4, 0.5) is 0 Å². The second-order valence-electron chi connectivity index (χ2n) is 2.91. The van der Waals surface area contributed by atoms with Crippen molar-refractivity contribution in [1.82, 2.24) is 9.71 Å². The average Bonchev–Trinajstić information content (AvgIpc) is 2.67. The molecule has 0 saturated heterocycles. The lowest BCUT2D eigenvalue weighted by Crippen LogP contribution is -1.99. The number of hydrogen-bond acceptors (Lipinski definition) is 5. The number of aromatic nitrogens is 1. The highest BCUT2D eigenvalue weighted by Gasteiger charge is 2.04. The number of thiazole rings is 1. The molecule has 1 aromatic heterocycles. The van der Waals surface area contributed by atoms with Gasteiger partial charge in [0.15, 0.2) is 4.34 Å². The topological polar surface area (TPSA) is 34.2 Å². The predicted octanol–water partition coefficient (Wildman–Crippen LogP) is 2.92. The standard InChI is InChI=1S/C10H12N2OS2/c1-3-11-15-10-12-8-6-7(13-2)4-5-9(8)14-10/h4-6,11H,3H2,1-2H3. The van der Waals surface area contributed by atoms with Gasteiger partial charge in [0.1, 0.15) is 5.75 Å². The van der Waals surface area contributed by atoms with E-state index in [1.54, 1.807) is 30.4 Å². The van der Waals surface area contributed by atoms with Crippen molar-refractivity contribution in [3.63, 3.8) is 0 Å². The molecule has 0 atom stereocenters. The Morgan fingerprint density at radius 3 is 3.13 bits per heavy atom. The molecule has 3 nitrogen and oxygen atoms in total. The van der Waals surface area contributed by atoms with E-state index in [0.29, 0.717) is 0 Å². The first-order chi connectivity index (χ1) is 7.33. The molecule has 1 N–H and O–H groups in total. The normalized spacial score (nSPS) is 10.8. The van der Waals surface area contributed by atoms with Gasteiger partial charge >= 0.3 is 0 Å². The van der Waals surface area contributed by atoms with Crippen molar-refractivity contribution < 1.29 is 4.74 Å². The molecule has 0 spiro atoms. The molecule has 0 saturated carbocycles. The summed E-state index contributed by atoms with van der Waals surface area (Å²) in [5, 5.41) is 0. The number of fused-ring (bicyclic) bond motifs is 1. The molecule has 1 aromatic carbocycles. The number of benzene rings is 1. The number of methoxy groups -OCH3 is 1. The summed E-state index contributed by atoms with van der Waals surface area (Å²) in [6, 6.07) is 5.96. The number of hydrogen-bond donors (Lipinski definition) is 1. The summed E-state index contributed by atoms with van der Waals surface area (Å²) in [6.45, 7) is 3.01. The van der Waals surface area contributed by atoms with Crippen LogP contribution in [0.2, 0.25) is 0 Å². The molecule has 0 unspecified atom stereocenters. The summed E-state index contributed by atoms with van der Waals surface area (Å²) in [6.07, 6.45) is 0. The van der Waals surface area contributed by atoms with Gasteiger partial charge in [-0.2, -0.15) is 0 Å². The van der Waals surface area contributed by atoms with Crippen LogP contribution in [0.5, 0.6) is 5.75 Å². The highest BCUT2D eigenvalue weighted by molar-refractivity contribution is 7.99. The summed E-state index contributed by atoms with van der Waals surface area (Å²) in [5.74, 6) is 0.854. The minimum atomic E-state index is 0.854. The Morgan fingerprint density at radius 1 is 1.53 bits per heavy atom. The molecule has 80 valence electrons. The Morgan fingerprint density at radius 2 is 2.40 bits per heavy atom. The number of nitrogens with zero attached hydrogens (tertiary/aromatic N) is 1. The van der Waals surface area contributed by atoms with Crippen LogP contribution < -0.4 is 9.46 Å². The SMILES string of the molecule is CCNSc1nc2cc(OC)ccc2s1. The minimum absolute atomic E-state index is 0.854. The number of rotatable bonds is 4. The minimum Gasteiger partial charge on any atom is -0.497 e. The Hall–Kier alpha value is -0.780. The first-order valence-corrected chi connectivity index (χ1v) is 6.31. The van der Waals surface area contributed by atoms with Crippen LogP contribution in [-0.4, -0.2) is 18.6 Å². The third-order valence-electron chi connectivity index (χ3n) is 1.88. The van der Waals surface area contributed by atoms with Crippen LogP contribution in [0.3, 0.4) is 0 Å². The van der Waals surface area contributed by atoms with Gasteiger partial charge in [-0.05, 0) is 24.1 Å². The summed E-state index contributed by atoms with van der Waals surface area (Å²) in [5.41, 5.74) is 1.000. The van der Waals surface area contributed by atoms with E-state index in [9.17, 15) is 0 Å². The Balaban J connectivity index is 2.29. The van der Waals surface area contributed by atoms with Gasteiger partial charge in [0.2, 0.25) is 0 Å². The van der Waals surface area contributed by atoms with Crippen molar-refractivity contribution in [3.05, 3.63) is 18.2 Å². The summed E-state index contributed by atoms with van der Waals surface area (Å²) in [7, 11) is 1.67. The molecule has 5 heteroatoms. The zero-order valence-electron chi connectivity index (χ0n) is 8.61. The first-order valence-electron chi connectivity index (χ1n) is 4.67. The van der Waals surface area contributed by atoms with Crippen molar-refractivity contribution in [1.29, 1.82) is 0 Å². The summed E-state index contributed by atoms with van der Waals surface area (Å²) < 4.78 is 10.6. The molecule has 15 heavy (non-hydrogen) atoms. The highest BCUT2D eigenvalue weighted by atomic mass is 32.2. The Kier molecular flexibility index (Phi) is 3.45. The van der Waals surface area contributed by atoms with E-state index in [-0.39, 0.29) is 0 Å². The van der Waals surface area contributed by atoms with Crippen LogP contribution in [0.1, 0.15) is 6.92 Å². The zero-order chi connectivity index (χ0) is 10.7. The third kappa shape index (κ3) is 2.42. The van der Waals surface area contributed by atoms with Gasteiger partial charge in [-0.15, -0.1) is 11.3 Å². The molecule has 0 amide bonds. The van der Waals surface area contributed by atoms with Crippen molar-refractivity contribution in [2.24, 2.45) is 0 Å². The lowest BCUT2D eigenvalue weighted by Gasteiger charge is -1.96. The molecule has 0 aliphatic rings. The zero-order valence-corrected chi connectivity index (χ0v) is 10.2. The molecule has 0 aliphatic carbocycles. The van der Waals surface area contributed by atoms with Crippen LogP contribution in [-0.2, 0) is 0 Å². The second kappa shape index (κ2) is 4.83. The van der Waals surface area contributed by atoms with Gasteiger partial charge in [-0.3, -0.25) is 4.72 Å². The van der Waals surface area contributed by atoms with Gasteiger partial charge in [-0.25, -0.2) is 4.98 Å². The average molecular weight is 240 g/mol. The van der Waals surface area contributed by atoms with Gasteiger partial charge in [0.25, 0.3) is 0 Å². The van der Waals surface area contributed by atoms with E-state index < -0.39 is 0 Å². The summed E-state index contributed by atoms with van der Waals surface area (Å²) in [4.78, 5) is 4.50. The molecule has 0 aliphatic heterocycles. The van der Waals surface area contributed by atoms with Gasteiger partial charge < -0.3 is 4.74 Å². The van der Waals surface area contributed by atoms with E-state index in [4.69, 9.17) is 4.74 Å². The molecule has 0 bridgehead atoms. The Labute approximate surface area is 97.0 Å². The second-order valence-corrected chi connectivity index (χ2v) is 5.08. The molecular weight excluding hydrogens is 228 g/mol. The van der Waals surface area contributed by atoms with Crippen molar-refractivity contribution >= 4 is 33.5 Å². The molecule has 2 aromatic rings. The Bertz CT molecular complexity index is 456. The van der Waals surface area contributed by atoms with E-state index >= 15 is 0 Å². The fourth-order valence-corrected chi connectivity index (χ4v) is 2.89. The quantitative estimate of drug-likeness (QED) is 0.833. The monoisotopic (exact) mass is 240 g/mol. The fourth-order valence-electron chi connectivity index (χ4n) is 1.19. The maximum atomic E-state index is 5.15. The first kappa shape index (κ1) is 10.7. The van der Waals surface area contributed by atoms with Crippen LogP contribution in [0.15, 0.2) is 22.5 Å². The number of nitrogens with one attached hydrogen (secondary N) is 1. The number of ether oxygens (including phenoxy) is 1. The van der Waals surface area contributed by atoms with Crippen LogP contribution >= 0.6 is 23.3 Å². The molecule has 0 radical (unpaired) electrons. The predicted molar refractivity (Wildman–Crippen MR) is 65.7 cm³/mol. The lowest BCUT2D eigenvalue weighted by molar-refractivity contribution is 0.415. The molecular formula is C10H12N2OS2. The largest absolute Gasteiger partial charge is 0.497 e. The molecule has 0 fully saturated rings. The highest BCUT2D eigenvalue weighted by Crippen LogP contribution is 2.30. The molecule has 2 rings (SSSR count). The van der Waals surface area contributed by atoms with Crippen LogP contribution in [0, 0.1) is 0 Å². The van der Waals surface area contributed by atoms with E-state index in [1.165, 1.54) is 4.70 Å². The lowest BCUT2D eigenvalue weighted by atomic mass is 10.3. The van der Waals surface area contributed by atoms with E-state index in [1.807, 2.05) is 18.2 Å². The van der Waals surface area contributed by atoms with Crippen molar-refractivity contribution in [3.8, 4) is 5.75 Å². The van der Waals surface area contributed by atoms with Crippen molar-refractivity contribution in [2.45, 2.75) is 11.3 Å². The van der Waals surface area contributed by atoms with E-state index in [0.717, 1.165) is 22.2 Å². The maximum Gasteiger partial charge on any atom is 0.166 e.